The van der Waals surface area contributed by atoms with E-state index in [0.29, 0.717) is 24.8 Å². The first-order valence-electron chi connectivity index (χ1n) is 9.90. The zero-order valence-electron chi connectivity index (χ0n) is 17.3. The van der Waals surface area contributed by atoms with E-state index >= 15 is 0 Å². The molecule has 0 radical (unpaired) electrons. The summed E-state index contributed by atoms with van der Waals surface area (Å²) in [7, 11) is 0. The number of hydrogen-bond acceptors (Lipinski definition) is 5. The number of pyridine rings is 1. The van der Waals surface area contributed by atoms with Crippen LogP contribution in [0, 0.1) is 5.92 Å². The molecule has 0 aliphatic heterocycles. The van der Waals surface area contributed by atoms with Crippen molar-refractivity contribution < 1.29 is 19.0 Å². The molecule has 0 spiro atoms. The molecule has 1 aromatic heterocycles. The molecule has 6 nitrogen and oxygen atoms in total. The van der Waals surface area contributed by atoms with Crippen molar-refractivity contribution in [2.24, 2.45) is 5.92 Å². The molecular weight excluding hydrogens is 370 g/mol. The number of rotatable bonds is 11. The van der Waals surface area contributed by atoms with E-state index in [9.17, 15) is 9.59 Å². The minimum atomic E-state index is -0.491. The van der Waals surface area contributed by atoms with Crippen LogP contribution in [0.1, 0.15) is 44.9 Å². The molecule has 0 aliphatic rings. The molecule has 1 N–H and O–H groups in total. The van der Waals surface area contributed by atoms with Gasteiger partial charge in [0, 0.05) is 18.3 Å². The number of esters is 1. The van der Waals surface area contributed by atoms with Crippen molar-refractivity contribution in [3.8, 4) is 11.5 Å². The Morgan fingerprint density at radius 3 is 2.55 bits per heavy atom. The Morgan fingerprint density at radius 1 is 1.14 bits per heavy atom. The minimum absolute atomic E-state index is 0.0194. The van der Waals surface area contributed by atoms with E-state index in [2.05, 4.69) is 25.8 Å². The molecule has 1 heterocycles. The number of nitrogens with one attached hydrogen (secondary N) is 1. The van der Waals surface area contributed by atoms with Gasteiger partial charge in [-0.1, -0.05) is 32.9 Å². The summed E-state index contributed by atoms with van der Waals surface area (Å²) < 4.78 is 16.2. The standard InChI is InChI=1S/C23H29NO5/c1-4-12-27-20-8-5-18(6-9-20)7-10-23(26)29-16-19-14-21(25)22(15-24-19)28-13-11-17(2)3/h5-10,14-15,17H,4,11-13,16H2,1-3H3,(H,24,25)/b10-7+. The first-order chi connectivity index (χ1) is 14.0. The van der Waals surface area contributed by atoms with E-state index in [1.807, 2.05) is 24.3 Å². The van der Waals surface area contributed by atoms with Gasteiger partial charge in [-0.15, -0.1) is 0 Å². The zero-order valence-corrected chi connectivity index (χ0v) is 17.3. The largest absolute Gasteiger partial charge is 0.494 e. The van der Waals surface area contributed by atoms with Gasteiger partial charge >= 0.3 is 5.97 Å². The van der Waals surface area contributed by atoms with Crippen molar-refractivity contribution in [3.05, 3.63) is 64.1 Å². The van der Waals surface area contributed by atoms with Crippen LogP contribution in [-0.2, 0) is 16.1 Å². The molecule has 0 saturated heterocycles. The average molecular weight is 399 g/mol. The van der Waals surface area contributed by atoms with Gasteiger partial charge in [-0.25, -0.2) is 4.79 Å². The molecule has 0 aliphatic carbocycles. The third-order valence-electron chi connectivity index (χ3n) is 4.02. The Bertz CT molecular complexity index is 852. The Kier molecular flexibility index (Phi) is 9.02. The van der Waals surface area contributed by atoms with Crippen LogP contribution in [0.5, 0.6) is 11.5 Å². The highest BCUT2D eigenvalue weighted by molar-refractivity contribution is 5.87. The summed E-state index contributed by atoms with van der Waals surface area (Å²) in [5.41, 5.74) is 1.13. The second kappa shape index (κ2) is 11.7. The van der Waals surface area contributed by atoms with E-state index < -0.39 is 5.97 Å². The van der Waals surface area contributed by atoms with E-state index in [1.54, 1.807) is 6.08 Å². The van der Waals surface area contributed by atoms with Gasteiger partial charge in [0.15, 0.2) is 5.75 Å². The summed E-state index contributed by atoms with van der Waals surface area (Å²) in [6.45, 7) is 7.39. The highest BCUT2D eigenvalue weighted by Gasteiger charge is 2.05. The first-order valence-corrected chi connectivity index (χ1v) is 9.90. The van der Waals surface area contributed by atoms with Crippen molar-refractivity contribution in [3.63, 3.8) is 0 Å². The van der Waals surface area contributed by atoms with Gasteiger partial charge in [-0.3, -0.25) is 4.79 Å². The highest BCUT2D eigenvalue weighted by atomic mass is 16.5. The quantitative estimate of drug-likeness (QED) is 0.449. The van der Waals surface area contributed by atoms with Gasteiger partial charge in [-0.05, 0) is 42.5 Å². The SMILES string of the molecule is CCCOc1ccc(/C=C/C(=O)OCc2cc(=O)c(OCCC(C)C)c[nH]2)cc1. The topological polar surface area (TPSA) is 77.6 Å². The molecule has 0 atom stereocenters. The summed E-state index contributed by atoms with van der Waals surface area (Å²) in [6, 6.07) is 8.83. The van der Waals surface area contributed by atoms with Gasteiger partial charge < -0.3 is 19.2 Å². The van der Waals surface area contributed by atoms with Gasteiger partial charge in [0.2, 0.25) is 5.43 Å². The predicted octanol–water partition coefficient (Wildman–Crippen LogP) is 4.35. The highest BCUT2D eigenvalue weighted by Crippen LogP contribution is 2.13. The maximum absolute atomic E-state index is 12.1. The van der Waals surface area contributed by atoms with Crippen molar-refractivity contribution in [1.82, 2.24) is 4.98 Å². The second-order valence-electron chi connectivity index (χ2n) is 7.08. The first kappa shape index (κ1) is 22.3. The third-order valence-corrected chi connectivity index (χ3v) is 4.02. The number of hydrogen-bond donors (Lipinski definition) is 1. The summed E-state index contributed by atoms with van der Waals surface area (Å²) >= 11 is 0. The van der Waals surface area contributed by atoms with Gasteiger partial charge in [0.1, 0.15) is 12.4 Å². The lowest BCUT2D eigenvalue weighted by molar-refractivity contribution is -0.139. The minimum Gasteiger partial charge on any atom is -0.494 e. The lowest BCUT2D eigenvalue weighted by Gasteiger charge is -2.08. The maximum Gasteiger partial charge on any atom is 0.331 e. The number of ether oxygens (including phenoxy) is 3. The van der Waals surface area contributed by atoms with Crippen LogP contribution in [0.25, 0.3) is 6.08 Å². The van der Waals surface area contributed by atoms with E-state index in [1.165, 1.54) is 18.3 Å². The molecule has 29 heavy (non-hydrogen) atoms. The van der Waals surface area contributed by atoms with Crippen LogP contribution >= 0.6 is 0 Å². The number of aromatic nitrogens is 1. The average Bonchev–Trinajstić information content (AvgIpc) is 2.71. The molecule has 0 bridgehead atoms. The Balaban J connectivity index is 1.81. The molecule has 0 amide bonds. The van der Waals surface area contributed by atoms with Crippen molar-refractivity contribution in [1.29, 1.82) is 0 Å². The van der Waals surface area contributed by atoms with Crippen molar-refractivity contribution in [2.45, 2.75) is 40.2 Å². The van der Waals surface area contributed by atoms with E-state index in [-0.39, 0.29) is 17.8 Å². The second-order valence-corrected chi connectivity index (χ2v) is 7.08. The molecule has 1 aromatic carbocycles. The molecule has 2 rings (SSSR count). The van der Waals surface area contributed by atoms with Crippen LogP contribution in [0.3, 0.4) is 0 Å². The molecule has 6 heteroatoms. The lowest BCUT2D eigenvalue weighted by atomic mass is 10.1. The summed E-state index contributed by atoms with van der Waals surface area (Å²) in [6.07, 6.45) is 6.35. The summed E-state index contributed by atoms with van der Waals surface area (Å²) in [4.78, 5) is 26.9. The van der Waals surface area contributed by atoms with Gasteiger partial charge in [0.25, 0.3) is 0 Å². The van der Waals surface area contributed by atoms with Crippen LogP contribution in [0.2, 0.25) is 0 Å². The predicted molar refractivity (Wildman–Crippen MR) is 113 cm³/mol. The number of carbonyl (C=O) groups is 1. The summed E-state index contributed by atoms with van der Waals surface area (Å²) in [5.74, 6) is 1.08. The molecule has 156 valence electrons. The fourth-order valence-corrected chi connectivity index (χ4v) is 2.36. The van der Waals surface area contributed by atoms with Crippen LogP contribution in [0.4, 0.5) is 0 Å². The normalized spacial score (nSPS) is 11.0. The summed E-state index contributed by atoms with van der Waals surface area (Å²) in [5, 5.41) is 0. The van der Waals surface area contributed by atoms with E-state index in [0.717, 1.165) is 24.2 Å². The molecule has 2 aromatic rings. The number of benzene rings is 1. The third kappa shape index (κ3) is 8.25. The van der Waals surface area contributed by atoms with E-state index in [4.69, 9.17) is 14.2 Å². The van der Waals surface area contributed by atoms with Crippen molar-refractivity contribution in [2.75, 3.05) is 13.2 Å². The Hall–Kier alpha value is -3.02. The van der Waals surface area contributed by atoms with Gasteiger partial charge in [0.05, 0.1) is 18.9 Å². The van der Waals surface area contributed by atoms with Crippen LogP contribution in [-0.4, -0.2) is 24.2 Å². The van der Waals surface area contributed by atoms with Crippen molar-refractivity contribution >= 4 is 12.0 Å². The number of aromatic amines is 1. The maximum atomic E-state index is 12.1. The molecule has 0 unspecified atom stereocenters. The fraction of sp³-hybridized carbons (Fsp3) is 0.391. The van der Waals surface area contributed by atoms with Crippen LogP contribution in [0.15, 0.2) is 47.4 Å². The molecule has 0 saturated carbocycles. The van der Waals surface area contributed by atoms with Gasteiger partial charge in [-0.2, -0.15) is 0 Å². The number of carbonyl (C=O) groups excluding carboxylic acids is 1. The Morgan fingerprint density at radius 2 is 1.90 bits per heavy atom. The van der Waals surface area contributed by atoms with Crippen LogP contribution < -0.4 is 14.9 Å². The fourth-order valence-electron chi connectivity index (χ4n) is 2.36. The lowest BCUT2D eigenvalue weighted by Crippen LogP contribution is -2.12. The monoisotopic (exact) mass is 399 g/mol. The Labute approximate surface area is 171 Å². The molecule has 0 fully saturated rings. The molecular formula is C23H29NO5. The number of H-pyrrole nitrogens is 1. The smallest absolute Gasteiger partial charge is 0.331 e. The zero-order chi connectivity index (χ0) is 21.1.